The molecule has 1 N–H and O–H groups in total. The Hall–Kier alpha value is -3.43. The van der Waals surface area contributed by atoms with E-state index < -0.39 is 45.8 Å². The molecule has 0 bridgehead atoms. The first-order chi connectivity index (χ1) is 18.2. The molecule has 0 aromatic heterocycles. The van der Waals surface area contributed by atoms with E-state index >= 15 is 0 Å². The third-order valence-electron chi connectivity index (χ3n) is 5.97. The molecule has 10 heteroatoms. The molecule has 0 aliphatic heterocycles. The number of carbonyl (C=O) groups excluding carboxylic acids is 2. The molecule has 3 rings (SSSR count). The van der Waals surface area contributed by atoms with E-state index in [-0.39, 0.29) is 17.1 Å². The van der Waals surface area contributed by atoms with Gasteiger partial charge >= 0.3 is 0 Å². The van der Waals surface area contributed by atoms with Gasteiger partial charge in [0.2, 0.25) is 11.8 Å². The molecule has 0 spiro atoms. The zero-order valence-electron chi connectivity index (χ0n) is 22.6. The number of sulfonamides is 1. The van der Waals surface area contributed by atoms with Crippen LogP contribution in [-0.2, 0) is 26.2 Å². The lowest BCUT2D eigenvalue weighted by Crippen LogP contribution is -2.54. The maximum Gasteiger partial charge on any atom is 0.264 e. The lowest BCUT2D eigenvalue weighted by molar-refractivity contribution is -0.140. The molecular formula is C29H33ClFN3O4S. The van der Waals surface area contributed by atoms with Crippen molar-refractivity contribution in [3.63, 3.8) is 0 Å². The van der Waals surface area contributed by atoms with Crippen LogP contribution in [0.1, 0.15) is 38.8 Å². The van der Waals surface area contributed by atoms with Crippen LogP contribution in [0.5, 0.6) is 0 Å². The summed E-state index contributed by atoms with van der Waals surface area (Å²) in [6, 6.07) is 17.3. The third kappa shape index (κ3) is 7.58. The molecule has 39 heavy (non-hydrogen) atoms. The van der Waals surface area contributed by atoms with Gasteiger partial charge in [-0.2, -0.15) is 0 Å². The predicted octanol–water partition coefficient (Wildman–Crippen LogP) is 5.31. The highest BCUT2D eigenvalue weighted by molar-refractivity contribution is 7.92. The zero-order chi connectivity index (χ0) is 29.0. The maximum atomic E-state index is 15.0. The summed E-state index contributed by atoms with van der Waals surface area (Å²) in [6.45, 7) is 7.99. The summed E-state index contributed by atoms with van der Waals surface area (Å²) >= 11 is 6.36. The minimum Gasteiger partial charge on any atom is -0.350 e. The number of benzene rings is 3. The predicted molar refractivity (Wildman–Crippen MR) is 151 cm³/mol. The fourth-order valence-corrected chi connectivity index (χ4v) is 5.49. The molecule has 7 nitrogen and oxygen atoms in total. The van der Waals surface area contributed by atoms with Crippen LogP contribution in [-0.4, -0.2) is 43.3 Å². The summed E-state index contributed by atoms with van der Waals surface area (Å²) in [4.78, 5) is 28.1. The van der Waals surface area contributed by atoms with Crippen LogP contribution < -0.4 is 9.62 Å². The van der Waals surface area contributed by atoms with Crippen molar-refractivity contribution in [3.05, 3.63) is 94.8 Å². The third-order valence-corrected chi connectivity index (χ3v) is 8.12. The van der Waals surface area contributed by atoms with Crippen molar-refractivity contribution in [2.45, 2.75) is 57.6 Å². The smallest absolute Gasteiger partial charge is 0.264 e. The van der Waals surface area contributed by atoms with Gasteiger partial charge in [-0.15, -0.1) is 0 Å². The van der Waals surface area contributed by atoms with Crippen molar-refractivity contribution in [2.75, 3.05) is 10.8 Å². The average molecular weight is 574 g/mol. The van der Waals surface area contributed by atoms with Crippen molar-refractivity contribution in [1.82, 2.24) is 10.2 Å². The monoisotopic (exact) mass is 573 g/mol. The summed E-state index contributed by atoms with van der Waals surface area (Å²) in [5.74, 6) is -1.94. The molecule has 0 aliphatic rings. The lowest BCUT2D eigenvalue weighted by atomic mass is 10.1. The second-order valence-corrected chi connectivity index (χ2v) is 12.6. The quantitative estimate of drug-likeness (QED) is 0.376. The highest BCUT2D eigenvalue weighted by Crippen LogP contribution is 2.27. The summed E-state index contributed by atoms with van der Waals surface area (Å²) in [5.41, 5.74) is 0.558. The van der Waals surface area contributed by atoms with E-state index in [0.29, 0.717) is 10.6 Å². The highest BCUT2D eigenvalue weighted by atomic mass is 35.5. The van der Waals surface area contributed by atoms with Crippen LogP contribution in [0.25, 0.3) is 0 Å². The highest BCUT2D eigenvalue weighted by Gasteiger charge is 2.34. The molecule has 3 aromatic carbocycles. The van der Waals surface area contributed by atoms with Gasteiger partial charge in [0.15, 0.2) is 0 Å². The van der Waals surface area contributed by atoms with E-state index in [0.717, 1.165) is 15.9 Å². The molecular weight excluding hydrogens is 541 g/mol. The van der Waals surface area contributed by atoms with Crippen LogP contribution in [0.2, 0.25) is 5.02 Å². The van der Waals surface area contributed by atoms with E-state index in [1.807, 2.05) is 27.7 Å². The van der Waals surface area contributed by atoms with Gasteiger partial charge in [0.1, 0.15) is 18.4 Å². The molecule has 0 saturated carbocycles. The second kappa shape index (κ2) is 12.2. The van der Waals surface area contributed by atoms with E-state index in [1.54, 1.807) is 43.3 Å². The Bertz CT molecular complexity index is 1440. The number of hydrogen-bond acceptors (Lipinski definition) is 4. The Morgan fingerprint density at radius 2 is 1.56 bits per heavy atom. The zero-order valence-corrected chi connectivity index (χ0v) is 24.2. The first-order valence-electron chi connectivity index (χ1n) is 12.4. The number of nitrogens with zero attached hydrogens (tertiary/aromatic N) is 2. The maximum absolute atomic E-state index is 15.0. The molecule has 0 fully saturated rings. The number of halogens is 2. The van der Waals surface area contributed by atoms with E-state index in [4.69, 9.17) is 11.6 Å². The minimum atomic E-state index is -4.36. The van der Waals surface area contributed by atoms with E-state index in [9.17, 15) is 22.4 Å². The molecule has 1 unspecified atom stereocenters. The lowest BCUT2D eigenvalue weighted by Gasteiger charge is -2.33. The normalized spacial score (nSPS) is 12.5. The number of hydrogen-bond donors (Lipinski definition) is 1. The fourth-order valence-electron chi connectivity index (χ4n) is 3.87. The van der Waals surface area contributed by atoms with Gasteiger partial charge in [0.05, 0.1) is 10.6 Å². The van der Waals surface area contributed by atoms with Gasteiger partial charge in [-0.25, -0.2) is 12.8 Å². The second-order valence-electron chi connectivity index (χ2n) is 10.3. The minimum absolute atomic E-state index is 0.0626. The van der Waals surface area contributed by atoms with Crippen LogP contribution in [0.15, 0.2) is 77.7 Å². The Balaban J connectivity index is 2.06. The number of carbonyl (C=O) groups is 2. The van der Waals surface area contributed by atoms with Crippen molar-refractivity contribution in [3.8, 4) is 0 Å². The van der Waals surface area contributed by atoms with Gasteiger partial charge in [0.25, 0.3) is 10.0 Å². The van der Waals surface area contributed by atoms with Crippen LogP contribution in [0, 0.1) is 12.7 Å². The Morgan fingerprint density at radius 1 is 0.974 bits per heavy atom. The number of rotatable bonds is 9. The molecule has 3 aromatic rings. The Kier molecular flexibility index (Phi) is 9.40. The van der Waals surface area contributed by atoms with Crippen LogP contribution >= 0.6 is 11.6 Å². The average Bonchev–Trinajstić information content (AvgIpc) is 2.86. The van der Waals surface area contributed by atoms with Gasteiger partial charge < -0.3 is 10.2 Å². The number of nitrogens with one attached hydrogen (secondary N) is 1. The van der Waals surface area contributed by atoms with Gasteiger partial charge in [-0.3, -0.25) is 13.9 Å². The Morgan fingerprint density at radius 3 is 2.15 bits per heavy atom. The molecule has 2 amide bonds. The fraction of sp³-hybridized carbons (Fsp3) is 0.310. The molecule has 0 saturated heterocycles. The van der Waals surface area contributed by atoms with Gasteiger partial charge in [0, 0.05) is 17.1 Å². The molecule has 1 atom stereocenters. The number of aryl methyl sites for hydroxylation is 1. The van der Waals surface area contributed by atoms with E-state index in [2.05, 4.69) is 5.32 Å². The standard InChI is InChI=1S/C29H33ClFN3O4S/c1-20-14-16-23(17-15-20)39(37,38)34(26-13-9-8-12-25(26)31)19-27(35)33(18-22-10-6-7-11-24(22)30)21(2)28(36)32-29(3,4)5/h6-17,21H,18-19H2,1-5H3,(H,32,36). The molecule has 208 valence electrons. The number of para-hydroxylation sites is 1. The summed E-state index contributed by atoms with van der Waals surface area (Å²) in [6.07, 6.45) is 0. The first-order valence-corrected chi connectivity index (χ1v) is 14.2. The van der Waals surface area contributed by atoms with Gasteiger partial charge in [-0.05, 0) is 70.5 Å². The topological polar surface area (TPSA) is 86.8 Å². The van der Waals surface area contributed by atoms with Crippen LogP contribution in [0.3, 0.4) is 0 Å². The Labute approximate surface area is 234 Å². The van der Waals surface area contributed by atoms with Gasteiger partial charge in [-0.1, -0.05) is 59.6 Å². The molecule has 0 radical (unpaired) electrons. The van der Waals surface area contributed by atoms with Crippen molar-refractivity contribution >= 4 is 39.1 Å². The van der Waals surface area contributed by atoms with Crippen molar-refractivity contribution in [2.24, 2.45) is 0 Å². The van der Waals surface area contributed by atoms with Crippen molar-refractivity contribution in [1.29, 1.82) is 0 Å². The number of amides is 2. The largest absolute Gasteiger partial charge is 0.350 e. The summed E-state index contributed by atoms with van der Waals surface area (Å²) in [7, 11) is -4.36. The summed E-state index contributed by atoms with van der Waals surface area (Å²) < 4.78 is 43.2. The number of anilines is 1. The van der Waals surface area contributed by atoms with Crippen molar-refractivity contribution < 1.29 is 22.4 Å². The SMILES string of the molecule is Cc1ccc(S(=O)(=O)N(CC(=O)N(Cc2ccccc2Cl)C(C)C(=O)NC(C)(C)C)c2ccccc2F)cc1. The summed E-state index contributed by atoms with van der Waals surface area (Å²) in [5, 5.41) is 3.24. The molecule has 0 heterocycles. The first kappa shape index (κ1) is 30.1. The van der Waals surface area contributed by atoms with Crippen LogP contribution in [0.4, 0.5) is 10.1 Å². The van der Waals surface area contributed by atoms with E-state index in [1.165, 1.54) is 35.2 Å². The molecule has 0 aliphatic carbocycles.